The van der Waals surface area contributed by atoms with Crippen molar-refractivity contribution in [2.75, 3.05) is 0 Å². The quantitative estimate of drug-likeness (QED) is 0.313. The van der Waals surface area contributed by atoms with Crippen LogP contribution < -0.4 is 0 Å². The molecule has 132 valence electrons. The van der Waals surface area contributed by atoms with Gasteiger partial charge in [0.15, 0.2) is 23.3 Å². The zero-order valence-corrected chi connectivity index (χ0v) is 14.3. The number of benzene rings is 3. The molecule has 0 amide bonds. The van der Waals surface area contributed by atoms with Crippen LogP contribution in [-0.4, -0.2) is 5.11 Å². The Morgan fingerprint density at radius 3 is 1.88 bits per heavy atom. The van der Waals surface area contributed by atoms with Crippen LogP contribution in [0.1, 0.15) is 16.7 Å². The second-order valence-corrected chi connectivity index (χ2v) is 6.81. The number of hydrogen-bond acceptors (Lipinski definition) is 1. The molecule has 1 aliphatic rings. The molecule has 4 rings (SSSR count). The number of halogens is 6. The first-order valence-corrected chi connectivity index (χ1v) is 8.22. The molecule has 3 aromatic carbocycles. The first kappa shape index (κ1) is 17.2. The first-order valence-electron chi connectivity index (χ1n) is 7.42. The Morgan fingerprint density at radius 2 is 1.23 bits per heavy atom. The van der Waals surface area contributed by atoms with Gasteiger partial charge in [0.05, 0.1) is 5.56 Å². The summed E-state index contributed by atoms with van der Waals surface area (Å²) in [7, 11) is 0. The van der Waals surface area contributed by atoms with Crippen LogP contribution in [0, 0.1) is 29.1 Å². The van der Waals surface area contributed by atoms with E-state index in [-0.39, 0.29) is 11.1 Å². The highest BCUT2D eigenvalue weighted by Gasteiger charge is 2.48. The van der Waals surface area contributed by atoms with Gasteiger partial charge in [0.1, 0.15) is 5.60 Å². The topological polar surface area (TPSA) is 20.2 Å². The summed E-state index contributed by atoms with van der Waals surface area (Å²) in [6.07, 6.45) is 0. The molecule has 0 radical (unpaired) electrons. The summed E-state index contributed by atoms with van der Waals surface area (Å²) >= 11 is 3.20. The van der Waals surface area contributed by atoms with Crippen LogP contribution >= 0.6 is 15.9 Å². The van der Waals surface area contributed by atoms with Crippen molar-refractivity contribution in [3.8, 4) is 11.1 Å². The molecular weight excluding hydrogens is 419 g/mol. The Labute approximate surface area is 152 Å². The third-order valence-corrected chi connectivity index (χ3v) is 5.04. The van der Waals surface area contributed by atoms with E-state index in [2.05, 4.69) is 15.9 Å². The van der Waals surface area contributed by atoms with Crippen LogP contribution in [0.15, 0.2) is 46.9 Å². The fourth-order valence-corrected chi connectivity index (χ4v) is 3.78. The maximum Gasteiger partial charge on any atom is 0.200 e. The highest BCUT2D eigenvalue weighted by molar-refractivity contribution is 9.10. The standard InChI is InChI=1S/C19H8BrF5O/c20-8-5-6-10-9-3-1-2-4-11(9)19(26,12(10)7-8)13-14(21)16(23)18(25)17(24)15(13)22/h1-7,26H. The largest absolute Gasteiger partial charge is 0.376 e. The maximum absolute atomic E-state index is 14.5. The minimum Gasteiger partial charge on any atom is -0.376 e. The molecule has 1 N–H and O–H groups in total. The molecule has 1 nitrogen and oxygen atoms in total. The molecule has 1 atom stereocenters. The molecule has 7 heteroatoms. The van der Waals surface area contributed by atoms with Crippen molar-refractivity contribution in [2.45, 2.75) is 5.60 Å². The zero-order valence-electron chi connectivity index (χ0n) is 12.8. The molecule has 26 heavy (non-hydrogen) atoms. The fourth-order valence-electron chi connectivity index (χ4n) is 3.42. The van der Waals surface area contributed by atoms with Crippen molar-refractivity contribution in [1.29, 1.82) is 0 Å². The molecular formula is C19H8BrF5O. The summed E-state index contributed by atoms with van der Waals surface area (Å²) in [5.41, 5.74) is -2.87. The van der Waals surface area contributed by atoms with E-state index >= 15 is 0 Å². The minimum absolute atomic E-state index is 0.0243. The predicted octanol–water partition coefficient (Wildman–Crippen LogP) is 5.41. The zero-order chi connectivity index (χ0) is 18.8. The van der Waals surface area contributed by atoms with E-state index in [1.807, 2.05) is 0 Å². The van der Waals surface area contributed by atoms with Crippen LogP contribution in [0.3, 0.4) is 0 Å². The van der Waals surface area contributed by atoms with Gasteiger partial charge in [0.25, 0.3) is 0 Å². The van der Waals surface area contributed by atoms with Gasteiger partial charge in [0, 0.05) is 15.6 Å². The van der Waals surface area contributed by atoms with E-state index in [4.69, 9.17) is 0 Å². The molecule has 0 bridgehead atoms. The average molecular weight is 427 g/mol. The van der Waals surface area contributed by atoms with Gasteiger partial charge in [-0.15, -0.1) is 0 Å². The van der Waals surface area contributed by atoms with Crippen molar-refractivity contribution in [2.24, 2.45) is 0 Å². The molecule has 0 spiro atoms. The SMILES string of the molecule is OC1(c2c(F)c(F)c(F)c(F)c2F)c2ccccc2-c2ccc(Br)cc21. The van der Waals surface area contributed by atoms with Gasteiger partial charge in [0.2, 0.25) is 5.82 Å². The predicted molar refractivity (Wildman–Crippen MR) is 87.9 cm³/mol. The van der Waals surface area contributed by atoms with Crippen molar-refractivity contribution >= 4 is 15.9 Å². The Hall–Kier alpha value is -2.25. The fraction of sp³-hybridized carbons (Fsp3) is 0.0526. The molecule has 0 aliphatic heterocycles. The third kappa shape index (κ3) is 2.04. The van der Waals surface area contributed by atoms with Crippen molar-refractivity contribution in [1.82, 2.24) is 0 Å². The normalized spacial score (nSPS) is 18.0. The van der Waals surface area contributed by atoms with Gasteiger partial charge in [-0.05, 0) is 23.3 Å². The second kappa shape index (κ2) is 5.62. The van der Waals surface area contributed by atoms with E-state index < -0.39 is 40.3 Å². The van der Waals surface area contributed by atoms with Gasteiger partial charge in [-0.25, -0.2) is 22.0 Å². The molecule has 0 saturated heterocycles. The average Bonchev–Trinajstić information content (AvgIpc) is 2.88. The van der Waals surface area contributed by atoms with E-state index in [9.17, 15) is 27.1 Å². The Balaban J connectivity index is 2.18. The Morgan fingerprint density at radius 1 is 0.692 bits per heavy atom. The lowest BCUT2D eigenvalue weighted by atomic mass is 9.83. The summed E-state index contributed by atoms with van der Waals surface area (Å²) < 4.78 is 70.5. The smallest absolute Gasteiger partial charge is 0.200 e. The van der Waals surface area contributed by atoms with E-state index in [0.717, 1.165) is 0 Å². The molecule has 0 aromatic heterocycles. The van der Waals surface area contributed by atoms with Crippen molar-refractivity contribution < 1.29 is 27.1 Å². The summed E-state index contributed by atoms with van der Waals surface area (Å²) in [6, 6.07) is 10.8. The monoisotopic (exact) mass is 426 g/mol. The molecule has 0 saturated carbocycles. The van der Waals surface area contributed by atoms with E-state index in [1.54, 1.807) is 24.3 Å². The van der Waals surface area contributed by atoms with Crippen molar-refractivity contribution in [3.63, 3.8) is 0 Å². The molecule has 0 fully saturated rings. The molecule has 3 aromatic rings. The van der Waals surface area contributed by atoms with Crippen LogP contribution in [0.5, 0.6) is 0 Å². The first-order chi connectivity index (χ1) is 12.3. The van der Waals surface area contributed by atoms with E-state index in [1.165, 1.54) is 18.2 Å². The number of rotatable bonds is 1. The lowest BCUT2D eigenvalue weighted by molar-refractivity contribution is 0.117. The second-order valence-electron chi connectivity index (χ2n) is 5.89. The summed E-state index contributed by atoms with van der Waals surface area (Å²) in [5.74, 6) is -10.6. The Kier molecular flexibility index (Phi) is 3.71. The van der Waals surface area contributed by atoms with Crippen molar-refractivity contribution in [3.05, 3.63) is 92.7 Å². The van der Waals surface area contributed by atoms with Gasteiger partial charge < -0.3 is 5.11 Å². The third-order valence-electron chi connectivity index (χ3n) is 4.55. The summed E-state index contributed by atoms with van der Waals surface area (Å²) in [6.45, 7) is 0. The van der Waals surface area contributed by atoms with Crippen LogP contribution in [0.25, 0.3) is 11.1 Å². The van der Waals surface area contributed by atoms with Crippen LogP contribution in [-0.2, 0) is 5.60 Å². The van der Waals surface area contributed by atoms with E-state index in [0.29, 0.717) is 15.6 Å². The summed E-state index contributed by atoms with van der Waals surface area (Å²) in [5, 5.41) is 11.3. The molecule has 0 heterocycles. The van der Waals surface area contributed by atoms with Gasteiger partial charge in [-0.1, -0.05) is 46.3 Å². The van der Waals surface area contributed by atoms with Crippen LogP contribution in [0.4, 0.5) is 22.0 Å². The summed E-state index contributed by atoms with van der Waals surface area (Å²) in [4.78, 5) is 0. The van der Waals surface area contributed by atoms with Gasteiger partial charge in [-0.2, -0.15) is 0 Å². The number of aliphatic hydroxyl groups is 1. The highest BCUT2D eigenvalue weighted by atomic mass is 79.9. The van der Waals surface area contributed by atoms with Gasteiger partial charge >= 0.3 is 0 Å². The number of fused-ring (bicyclic) bond motifs is 3. The Bertz CT molecular complexity index is 1050. The minimum atomic E-state index is -2.53. The highest BCUT2D eigenvalue weighted by Crippen LogP contribution is 2.53. The lowest BCUT2D eigenvalue weighted by Gasteiger charge is -2.27. The maximum atomic E-state index is 14.5. The van der Waals surface area contributed by atoms with Crippen LogP contribution in [0.2, 0.25) is 0 Å². The lowest BCUT2D eigenvalue weighted by Crippen LogP contribution is -2.30. The van der Waals surface area contributed by atoms with Gasteiger partial charge in [-0.3, -0.25) is 0 Å². The molecule has 1 unspecified atom stereocenters. The molecule has 1 aliphatic carbocycles. The number of hydrogen-bond donors (Lipinski definition) is 1.